The minimum absolute atomic E-state index is 0.0866. The zero-order valence-electron chi connectivity index (χ0n) is 11.8. The van der Waals surface area contributed by atoms with Crippen LogP contribution >= 0.6 is 22.9 Å². The third kappa shape index (κ3) is 3.30. The van der Waals surface area contributed by atoms with Crippen LogP contribution in [0.3, 0.4) is 0 Å². The van der Waals surface area contributed by atoms with Gasteiger partial charge in [-0.2, -0.15) is 0 Å². The zero-order valence-corrected chi connectivity index (χ0v) is 13.4. The van der Waals surface area contributed by atoms with E-state index >= 15 is 0 Å². The Morgan fingerprint density at radius 1 is 1.58 bits per heavy atom. The fraction of sp³-hybridized carbons (Fsp3) is 0.643. The molecule has 0 radical (unpaired) electrons. The van der Waals surface area contributed by atoms with E-state index in [9.17, 15) is 4.79 Å². The summed E-state index contributed by atoms with van der Waals surface area (Å²) in [6.07, 6.45) is -0.0866. The summed E-state index contributed by atoms with van der Waals surface area (Å²) in [6, 6.07) is 1.97. The summed E-state index contributed by atoms with van der Waals surface area (Å²) in [6.45, 7) is 9.25. The summed E-state index contributed by atoms with van der Waals surface area (Å²) < 4.78 is 5.85. The molecular formula is C14H20ClNO2S. The summed E-state index contributed by atoms with van der Waals surface area (Å²) in [7, 11) is 0. The number of rotatable bonds is 2. The molecule has 0 saturated carbocycles. The number of carbonyl (C=O) groups excluding carboxylic acids is 1. The molecule has 1 aliphatic heterocycles. The standard InChI is InChI=1S/C14H20ClNO2S/c1-9-5-12(19-10(9)2)13(17)16-7-11(6-15)18-14(3,4)8-16/h5,11H,6-8H2,1-4H3. The quantitative estimate of drug-likeness (QED) is 0.785. The number of hydrogen-bond acceptors (Lipinski definition) is 3. The van der Waals surface area contributed by atoms with Gasteiger partial charge in [-0.3, -0.25) is 4.79 Å². The Balaban J connectivity index is 2.18. The number of thiophene rings is 1. The molecule has 1 aliphatic rings. The maximum atomic E-state index is 12.6. The molecule has 0 spiro atoms. The number of aryl methyl sites for hydroxylation is 2. The van der Waals surface area contributed by atoms with Crippen molar-refractivity contribution in [2.45, 2.75) is 39.4 Å². The lowest BCUT2D eigenvalue weighted by Gasteiger charge is -2.42. The average Bonchev–Trinajstić information content (AvgIpc) is 2.66. The summed E-state index contributed by atoms with van der Waals surface area (Å²) in [5, 5.41) is 0. The van der Waals surface area contributed by atoms with Crippen LogP contribution in [-0.4, -0.2) is 41.5 Å². The van der Waals surface area contributed by atoms with Crippen LogP contribution in [-0.2, 0) is 4.74 Å². The van der Waals surface area contributed by atoms with E-state index in [1.807, 2.05) is 38.7 Å². The smallest absolute Gasteiger partial charge is 0.264 e. The normalized spacial score (nSPS) is 22.6. The van der Waals surface area contributed by atoms with E-state index in [-0.39, 0.29) is 17.6 Å². The Morgan fingerprint density at radius 2 is 2.26 bits per heavy atom. The fourth-order valence-electron chi connectivity index (χ4n) is 2.37. The first kappa shape index (κ1) is 14.8. The summed E-state index contributed by atoms with van der Waals surface area (Å²) in [5.74, 6) is 0.503. The van der Waals surface area contributed by atoms with Crippen molar-refractivity contribution in [3.05, 3.63) is 21.4 Å². The Hall–Kier alpha value is -0.580. The molecule has 0 bridgehead atoms. The number of amides is 1. The van der Waals surface area contributed by atoms with E-state index in [1.165, 1.54) is 10.4 Å². The predicted octanol–water partition coefficient (Wildman–Crippen LogP) is 3.22. The second kappa shape index (κ2) is 5.43. The Labute approximate surface area is 123 Å². The van der Waals surface area contributed by atoms with Gasteiger partial charge < -0.3 is 9.64 Å². The van der Waals surface area contributed by atoms with Gasteiger partial charge in [-0.1, -0.05) is 0 Å². The minimum Gasteiger partial charge on any atom is -0.367 e. The van der Waals surface area contributed by atoms with Crippen molar-refractivity contribution in [2.75, 3.05) is 19.0 Å². The molecule has 106 valence electrons. The molecule has 1 atom stereocenters. The van der Waals surface area contributed by atoms with E-state index in [1.54, 1.807) is 11.3 Å². The van der Waals surface area contributed by atoms with Crippen LogP contribution in [0.4, 0.5) is 0 Å². The lowest BCUT2D eigenvalue weighted by atomic mass is 10.1. The second-order valence-corrected chi connectivity index (χ2v) is 7.25. The number of nitrogens with zero attached hydrogens (tertiary/aromatic N) is 1. The van der Waals surface area contributed by atoms with E-state index in [0.717, 1.165) is 4.88 Å². The molecule has 1 aromatic heterocycles. The highest BCUT2D eigenvalue weighted by atomic mass is 35.5. The fourth-order valence-corrected chi connectivity index (χ4v) is 3.53. The van der Waals surface area contributed by atoms with E-state index in [2.05, 4.69) is 0 Å². The zero-order chi connectivity index (χ0) is 14.2. The van der Waals surface area contributed by atoms with Crippen LogP contribution < -0.4 is 0 Å². The van der Waals surface area contributed by atoms with Crippen molar-refractivity contribution >= 4 is 28.8 Å². The van der Waals surface area contributed by atoms with Gasteiger partial charge in [0.2, 0.25) is 0 Å². The van der Waals surface area contributed by atoms with Crippen LogP contribution in [0.5, 0.6) is 0 Å². The number of ether oxygens (including phenoxy) is 1. The van der Waals surface area contributed by atoms with Crippen molar-refractivity contribution in [2.24, 2.45) is 0 Å². The molecule has 19 heavy (non-hydrogen) atoms. The number of carbonyl (C=O) groups is 1. The first-order chi connectivity index (χ1) is 8.82. The molecule has 1 amide bonds. The molecule has 2 rings (SSSR count). The molecule has 0 aromatic carbocycles. The van der Waals surface area contributed by atoms with Crippen molar-refractivity contribution in [1.29, 1.82) is 0 Å². The van der Waals surface area contributed by atoms with E-state index in [4.69, 9.17) is 16.3 Å². The van der Waals surface area contributed by atoms with Crippen molar-refractivity contribution in [3.63, 3.8) is 0 Å². The van der Waals surface area contributed by atoms with Gasteiger partial charge in [-0.15, -0.1) is 22.9 Å². The van der Waals surface area contributed by atoms with Gasteiger partial charge in [-0.05, 0) is 39.3 Å². The predicted molar refractivity (Wildman–Crippen MR) is 79.4 cm³/mol. The monoisotopic (exact) mass is 301 g/mol. The van der Waals surface area contributed by atoms with E-state index in [0.29, 0.717) is 19.0 Å². The molecule has 0 N–H and O–H groups in total. The first-order valence-electron chi connectivity index (χ1n) is 6.42. The highest BCUT2D eigenvalue weighted by molar-refractivity contribution is 7.14. The van der Waals surface area contributed by atoms with Gasteiger partial charge in [-0.25, -0.2) is 0 Å². The second-order valence-electron chi connectivity index (χ2n) is 5.69. The van der Waals surface area contributed by atoms with Crippen molar-refractivity contribution < 1.29 is 9.53 Å². The highest BCUT2D eigenvalue weighted by Gasteiger charge is 2.35. The molecule has 1 saturated heterocycles. The average molecular weight is 302 g/mol. The molecule has 1 unspecified atom stereocenters. The molecule has 2 heterocycles. The number of alkyl halides is 1. The maximum Gasteiger partial charge on any atom is 0.264 e. The van der Waals surface area contributed by atoms with Gasteiger partial charge in [0, 0.05) is 18.0 Å². The highest BCUT2D eigenvalue weighted by Crippen LogP contribution is 2.26. The van der Waals surface area contributed by atoms with E-state index < -0.39 is 0 Å². The minimum atomic E-state index is -0.338. The molecule has 3 nitrogen and oxygen atoms in total. The van der Waals surface area contributed by atoms with Gasteiger partial charge >= 0.3 is 0 Å². The molecule has 1 fully saturated rings. The van der Waals surface area contributed by atoms with Gasteiger partial charge in [0.1, 0.15) is 0 Å². The molecule has 5 heteroatoms. The van der Waals surface area contributed by atoms with Crippen LogP contribution in [0, 0.1) is 13.8 Å². The third-order valence-electron chi connectivity index (χ3n) is 3.32. The van der Waals surface area contributed by atoms with Crippen LogP contribution in [0.25, 0.3) is 0 Å². The lowest BCUT2D eigenvalue weighted by molar-refractivity contribution is -0.117. The molecule has 1 aromatic rings. The lowest BCUT2D eigenvalue weighted by Crippen LogP contribution is -2.55. The maximum absolute atomic E-state index is 12.6. The number of halogens is 1. The van der Waals surface area contributed by atoms with Crippen molar-refractivity contribution in [1.82, 2.24) is 4.90 Å². The van der Waals surface area contributed by atoms with Crippen LogP contribution in [0.15, 0.2) is 6.07 Å². The Kier molecular flexibility index (Phi) is 4.23. The first-order valence-corrected chi connectivity index (χ1v) is 7.77. The number of hydrogen-bond donors (Lipinski definition) is 0. The van der Waals surface area contributed by atoms with Gasteiger partial charge in [0.25, 0.3) is 5.91 Å². The van der Waals surface area contributed by atoms with Crippen LogP contribution in [0.1, 0.15) is 34.0 Å². The van der Waals surface area contributed by atoms with Crippen LogP contribution in [0.2, 0.25) is 0 Å². The summed E-state index contributed by atoms with van der Waals surface area (Å²) in [4.78, 5) is 16.4. The molecular weight excluding hydrogens is 282 g/mol. The summed E-state index contributed by atoms with van der Waals surface area (Å²) in [5.41, 5.74) is 0.837. The third-order valence-corrected chi connectivity index (χ3v) is 4.80. The largest absolute Gasteiger partial charge is 0.367 e. The SMILES string of the molecule is Cc1cc(C(=O)N2CC(CCl)OC(C)(C)C2)sc1C. The van der Waals surface area contributed by atoms with Crippen molar-refractivity contribution in [3.8, 4) is 0 Å². The topological polar surface area (TPSA) is 29.5 Å². The Morgan fingerprint density at radius 3 is 2.79 bits per heavy atom. The molecule has 0 aliphatic carbocycles. The van der Waals surface area contributed by atoms with Gasteiger partial charge in [0.05, 0.1) is 22.5 Å². The summed E-state index contributed by atoms with van der Waals surface area (Å²) >= 11 is 7.45. The van der Waals surface area contributed by atoms with Gasteiger partial charge in [0.15, 0.2) is 0 Å². The Bertz CT molecular complexity index is 464. The number of morpholine rings is 1.